The number of rotatable bonds is 9. The molecule has 0 saturated heterocycles. The predicted molar refractivity (Wildman–Crippen MR) is 105 cm³/mol. The average Bonchev–Trinajstić information content (AvgIpc) is 2.67. The molecule has 0 fully saturated rings. The van der Waals surface area contributed by atoms with Crippen LogP contribution < -0.4 is 19.5 Å². The van der Waals surface area contributed by atoms with Crippen LogP contribution in [-0.2, 0) is 6.54 Å². The van der Waals surface area contributed by atoms with Gasteiger partial charge in [0.15, 0.2) is 11.5 Å². The minimum atomic E-state index is 0.457. The van der Waals surface area contributed by atoms with Crippen LogP contribution in [0.15, 0.2) is 60.7 Å². The maximum Gasteiger partial charge on any atom is 0.161 e. The zero-order valence-corrected chi connectivity index (χ0v) is 15.3. The third kappa shape index (κ3) is 4.67. The molecular formula is C22H25NO3. The minimum Gasteiger partial charge on any atom is -0.490 e. The van der Waals surface area contributed by atoms with Crippen molar-refractivity contribution in [3.8, 4) is 17.2 Å². The Labute approximate surface area is 154 Å². The molecule has 4 heteroatoms. The Morgan fingerprint density at radius 1 is 0.769 bits per heavy atom. The summed E-state index contributed by atoms with van der Waals surface area (Å²) in [5.74, 6) is 2.36. The number of fused-ring (bicyclic) bond motifs is 1. The third-order valence-corrected chi connectivity index (χ3v) is 4.02. The van der Waals surface area contributed by atoms with E-state index in [-0.39, 0.29) is 0 Å². The molecule has 0 atom stereocenters. The van der Waals surface area contributed by atoms with E-state index in [0.717, 1.165) is 29.4 Å². The molecule has 0 unspecified atom stereocenters. The molecule has 4 nitrogen and oxygen atoms in total. The van der Waals surface area contributed by atoms with Gasteiger partial charge in [0, 0.05) is 6.54 Å². The Bertz CT molecular complexity index is 848. The second-order valence-corrected chi connectivity index (χ2v) is 5.95. The first-order valence-corrected chi connectivity index (χ1v) is 8.95. The maximum absolute atomic E-state index is 5.86. The van der Waals surface area contributed by atoms with Gasteiger partial charge in [-0.25, -0.2) is 0 Å². The van der Waals surface area contributed by atoms with Crippen LogP contribution in [-0.4, -0.2) is 26.9 Å². The summed E-state index contributed by atoms with van der Waals surface area (Å²) in [6, 6.07) is 20.4. The van der Waals surface area contributed by atoms with Crippen molar-refractivity contribution in [2.24, 2.45) is 0 Å². The molecule has 0 aliphatic rings. The fourth-order valence-corrected chi connectivity index (χ4v) is 2.82. The van der Waals surface area contributed by atoms with Crippen molar-refractivity contribution >= 4 is 10.8 Å². The molecule has 1 N–H and O–H groups in total. The van der Waals surface area contributed by atoms with Gasteiger partial charge in [0.1, 0.15) is 19.0 Å². The van der Waals surface area contributed by atoms with Crippen molar-refractivity contribution in [2.45, 2.75) is 13.5 Å². The van der Waals surface area contributed by atoms with Crippen LogP contribution in [0.5, 0.6) is 17.2 Å². The molecule has 0 amide bonds. The van der Waals surface area contributed by atoms with Crippen molar-refractivity contribution < 1.29 is 14.2 Å². The SMILES string of the molecule is CCOc1cc(CNC)ccc1OCCOc1ccc2ccccc2c1. The van der Waals surface area contributed by atoms with Crippen LogP contribution >= 0.6 is 0 Å². The highest BCUT2D eigenvalue weighted by Crippen LogP contribution is 2.28. The van der Waals surface area contributed by atoms with E-state index >= 15 is 0 Å². The monoisotopic (exact) mass is 351 g/mol. The first-order valence-electron chi connectivity index (χ1n) is 8.95. The summed E-state index contributed by atoms with van der Waals surface area (Å²) in [6.07, 6.45) is 0. The maximum atomic E-state index is 5.86. The zero-order chi connectivity index (χ0) is 18.2. The van der Waals surface area contributed by atoms with Gasteiger partial charge in [0.2, 0.25) is 0 Å². The highest BCUT2D eigenvalue weighted by Gasteiger charge is 2.07. The molecule has 136 valence electrons. The number of nitrogens with one attached hydrogen (secondary N) is 1. The topological polar surface area (TPSA) is 39.7 Å². The predicted octanol–water partition coefficient (Wildman–Crippen LogP) is 4.42. The first kappa shape index (κ1) is 18.1. The summed E-state index contributed by atoms with van der Waals surface area (Å²) in [4.78, 5) is 0. The van der Waals surface area contributed by atoms with Crippen molar-refractivity contribution in [3.05, 3.63) is 66.2 Å². The van der Waals surface area contributed by atoms with E-state index in [4.69, 9.17) is 14.2 Å². The lowest BCUT2D eigenvalue weighted by molar-refractivity contribution is 0.208. The van der Waals surface area contributed by atoms with E-state index in [9.17, 15) is 0 Å². The van der Waals surface area contributed by atoms with Gasteiger partial charge in [-0.15, -0.1) is 0 Å². The lowest BCUT2D eigenvalue weighted by Gasteiger charge is -2.14. The van der Waals surface area contributed by atoms with Crippen LogP contribution in [0.2, 0.25) is 0 Å². The smallest absolute Gasteiger partial charge is 0.161 e. The largest absolute Gasteiger partial charge is 0.490 e. The van der Waals surface area contributed by atoms with Crippen LogP contribution in [0.25, 0.3) is 10.8 Å². The number of hydrogen-bond donors (Lipinski definition) is 1. The van der Waals surface area contributed by atoms with Crippen molar-refractivity contribution in [3.63, 3.8) is 0 Å². The lowest BCUT2D eigenvalue weighted by Crippen LogP contribution is -2.10. The van der Waals surface area contributed by atoms with E-state index < -0.39 is 0 Å². The average molecular weight is 351 g/mol. The molecule has 0 radical (unpaired) electrons. The molecule has 3 rings (SSSR count). The van der Waals surface area contributed by atoms with E-state index in [2.05, 4.69) is 23.5 Å². The highest BCUT2D eigenvalue weighted by atomic mass is 16.5. The summed E-state index contributed by atoms with van der Waals surface area (Å²) in [6.45, 7) is 4.30. The van der Waals surface area contributed by atoms with E-state index in [1.54, 1.807) is 0 Å². The van der Waals surface area contributed by atoms with Crippen LogP contribution in [0.1, 0.15) is 12.5 Å². The second kappa shape index (κ2) is 9.11. The molecule has 3 aromatic carbocycles. The Kier molecular flexibility index (Phi) is 6.34. The molecule has 0 heterocycles. The molecule has 26 heavy (non-hydrogen) atoms. The summed E-state index contributed by atoms with van der Waals surface area (Å²) < 4.78 is 17.4. The fourth-order valence-electron chi connectivity index (χ4n) is 2.82. The molecule has 0 saturated carbocycles. The van der Waals surface area contributed by atoms with Gasteiger partial charge in [0.25, 0.3) is 0 Å². The van der Waals surface area contributed by atoms with Gasteiger partial charge >= 0.3 is 0 Å². The van der Waals surface area contributed by atoms with Crippen molar-refractivity contribution in [1.29, 1.82) is 0 Å². The molecule has 0 aliphatic heterocycles. The fraction of sp³-hybridized carbons (Fsp3) is 0.273. The normalized spacial score (nSPS) is 10.7. The summed E-state index contributed by atoms with van der Waals surface area (Å²) in [5, 5.41) is 5.52. The Morgan fingerprint density at radius 3 is 2.38 bits per heavy atom. The Morgan fingerprint density at radius 2 is 1.58 bits per heavy atom. The summed E-state index contributed by atoms with van der Waals surface area (Å²) >= 11 is 0. The lowest BCUT2D eigenvalue weighted by atomic mass is 10.1. The minimum absolute atomic E-state index is 0.457. The molecule has 0 aliphatic carbocycles. The Hall–Kier alpha value is -2.72. The van der Waals surface area contributed by atoms with E-state index in [1.165, 1.54) is 10.8 Å². The van der Waals surface area contributed by atoms with Gasteiger partial charge in [-0.1, -0.05) is 36.4 Å². The van der Waals surface area contributed by atoms with Crippen LogP contribution in [0.3, 0.4) is 0 Å². The zero-order valence-electron chi connectivity index (χ0n) is 15.3. The standard InChI is InChI=1S/C22H25NO3/c1-3-24-22-14-17(16-23-2)8-11-21(22)26-13-12-25-20-10-9-18-6-4-5-7-19(18)15-20/h4-11,14-15,23H,3,12-13,16H2,1-2H3. The third-order valence-electron chi connectivity index (χ3n) is 4.02. The molecule has 0 bridgehead atoms. The van der Waals surface area contributed by atoms with Gasteiger partial charge in [-0.2, -0.15) is 0 Å². The number of hydrogen-bond acceptors (Lipinski definition) is 4. The summed E-state index contributed by atoms with van der Waals surface area (Å²) in [7, 11) is 1.93. The van der Waals surface area contributed by atoms with Crippen molar-refractivity contribution in [2.75, 3.05) is 26.9 Å². The highest BCUT2D eigenvalue weighted by molar-refractivity contribution is 5.83. The van der Waals surface area contributed by atoms with Gasteiger partial charge < -0.3 is 19.5 Å². The van der Waals surface area contributed by atoms with Gasteiger partial charge in [0.05, 0.1) is 6.61 Å². The second-order valence-electron chi connectivity index (χ2n) is 5.95. The quantitative estimate of drug-likeness (QED) is 0.580. The Balaban J connectivity index is 1.56. The van der Waals surface area contributed by atoms with Crippen LogP contribution in [0, 0.1) is 0 Å². The number of ether oxygens (including phenoxy) is 3. The number of benzene rings is 3. The van der Waals surface area contributed by atoms with E-state index in [1.807, 2.05) is 56.4 Å². The van der Waals surface area contributed by atoms with Crippen molar-refractivity contribution in [1.82, 2.24) is 5.32 Å². The first-order chi connectivity index (χ1) is 12.8. The molecular weight excluding hydrogens is 326 g/mol. The molecule has 3 aromatic rings. The summed E-state index contributed by atoms with van der Waals surface area (Å²) in [5.41, 5.74) is 1.16. The van der Waals surface area contributed by atoms with Gasteiger partial charge in [-0.05, 0) is 54.6 Å². The van der Waals surface area contributed by atoms with Gasteiger partial charge in [-0.3, -0.25) is 0 Å². The van der Waals surface area contributed by atoms with Crippen LogP contribution in [0.4, 0.5) is 0 Å². The molecule has 0 spiro atoms. The van der Waals surface area contributed by atoms with E-state index in [0.29, 0.717) is 19.8 Å². The molecule has 0 aromatic heterocycles.